The van der Waals surface area contributed by atoms with E-state index in [1.807, 2.05) is 13.8 Å². The van der Waals surface area contributed by atoms with Crippen molar-refractivity contribution >= 4 is 11.6 Å². The minimum atomic E-state index is -0.275. The molecule has 0 bridgehead atoms. The van der Waals surface area contributed by atoms with Gasteiger partial charge in [-0.1, -0.05) is 13.8 Å². The van der Waals surface area contributed by atoms with Gasteiger partial charge in [0.25, 0.3) is 0 Å². The fraction of sp³-hybridized carbons (Fsp3) is 0.300. The second kappa shape index (κ2) is 4.09. The highest BCUT2D eigenvalue weighted by molar-refractivity contribution is 5.79. The number of benzene rings is 1. The van der Waals surface area contributed by atoms with E-state index in [1.54, 1.807) is 6.07 Å². The van der Waals surface area contributed by atoms with E-state index in [1.165, 1.54) is 12.1 Å². The molecule has 1 aromatic rings. The lowest BCUT2D eigenvalue weighted by Crippen LogP contribution is -2.22. The molecule has 0 aliphatic rings. The van der Waals surface area contributed by atoms with Crippen molar-refractivity contribution in [3.05, 3.63) is 29.6 Å². The van der Waals surface area contributed by atoms with E-state index in [0.717, 1.165) is 5.56 Å². The first kappa shape index (κ1) is 10.5. The summed E-state index contributed by atoms with van der Waals surface area (Å²) in [6.45, 7) is 3.92. The van der Waals surface area contributed by atoms with E-state index in [9.17, 15) is 4.39 Å². The third kappa shape index (κ3) is 2.45. The first-order chi connectivity index (χ1) is 6.50. The Morgan fingerprint density at radius 2 is 2.00 bits per heavy atom. The number of nitrogens with zero attached hydrogens (tertiary/aromatic N) is 1. The molecule has 1 rings (SSSR count). The number of nitrogens with two attached hydrogens (primary N) is 2. The van der Waals surface area contributed by atoms with Crippen molar-refractivity contribution in [1.82, 2.24) is 0 Å². The highest BCUT2D eigenvalue weighted by atomic mass is 19.1. The van der Waals surface area contributed by atoms with Crippen molar-refractivity contribution in [2.24, 2.45) is 16.5 Å². The maximum absolute atomic E-state index is 12.9. The number of hydrogen-bond donors (Lipinski definition) is 2. The lowest BCUT2D eigenvalue weighted by Gasteiger charge is -2.09. The molecule has 4 heteroatoms. The molecule has 0 fully saturated rings. The van der Waals surface area contributed by atoms with Crippen molar-refractivity contribution in [3.63, 3.8) is 0 Å². The SMILES string of the molecule is CC(C)c1cc(F)ccc1N=C(N)N. The van der Waals surface area contributed by atoms with Crippen LogP contribution in [0.2, 0.25) is 0 Å². The molecule has 0 saturated heterocycles. The lowest BCUT2D eigenvalue weighted by molar-refractivity contribution is 0.623. The maximum Gasteiger partial charge on any atom is 0.191 e. The average Bonchev–Trinajstić information content (AvgIpc) is 2.07. The second-order valence-corrected chi connectivity index (χ2v) is 3.39. The van der Waals surface area contributed by atoms with Gasteiger partial charge in [0, 0.05) is 0 Å². The standard InChI is InChI=1S/C10H14FN3/c1-6(2)8-5-7(11)3-4-9(8)14-10(12)13/h3-6H,1-2H3,(H4,12,13,14). The van der Waals surface area contributed by atoms with Crippen LogP contribution in [0.5, 0.6) is 0 Å². The van der Waals surface area contributed by atoms with E-state index >= 15 is 0 Å². The molecule has 0 saturated carbocycles. The molecular weight excluding hydrogens is 181 g/mol. The zero-order valence-corrected chi connectivity index (χ0v) is 8.29. The summed E-state index contributed by atoms with van der Waals surface area (Å²) in [7, 11) is 0. The van der Waals surface area contributed by atoms with Gasteiger partial charge in [0.05, 0.1) is 5.69 Å². The number of halogens is 1. The molecular formula is C10H14FN3. The van der Waals surface area contributed by atoms with Gasteiger partial charge in [0.2, 0.25) is 0 Å². The Morgan fingerprint density at radius 3 is 2.50 bits per heavy atom. The van der Waals surface area contributed by atoms with E-state index in [-0.39, 0.29) is 17.7 Å². The predicted octanol–water partition coefficient (Wildman–Crippen LogP) is 1.85. The van der Waals surface area contributed by atoms with Crippen molar-refractivity contribution in [2.75, 3.05) is 0 Å². The van der Waals surface area contributed by atoms with E-state index in [4.69, 9.17) is 11.5 Å². The highest BCUT2D eigenvalue weighted by Crippen LogP contribution is 2.27. The summed E-state index contributed by atoms with van der Waals surface area (Å²) >= 11 is 0. The van der Waals surface area contributed by atoms with Crippen LogP contribution < -0.4 is 11.5 Å². The summed E-state index contributed by atoms with van der Waals surface area (Å²) in [5, 5.41) is 0. The first-order valence-corrected chi connectivity index (χ1v) is 4.39. The summed E-state index contributed by atoms with van der Waals surface area (Å²) in [4.78, 5) is 3.93. The number of guanidine groups is 1. The summed E-state index contributed by atoms with van der Waals surface area (Å²) in [5.41, 5.74) is 12.0. The zero-order chi connectivity index (χ0) is 10.7. The number of aliphatic imine (C=N–C) groups is 1. The van der Waals surface area contributed by atoms with Crippen molar-refractivity contribution in [2.45, 2.75) is 19.8 Å². The normalized spacial score (nSPS) is 10.3. The number of rotatable bonds is 2. The predicted molar refractivity (Wildman–Crippen MR) is 56.0 cm³/mol. The Hall–Kier alpha value is -1.58. The van der Waals surface area contributed by atoms with E-state index < -0.39 is 0 Å². The van der Waals surface area contributed by atoms with Gasteiger partial charge in [-0.05, 0) is 29.7 Å². The van der Waals surface area contributed by atoms with E-state index in [0.29, 0.717) is 5.69 Å². The monoisotopic (exact) mass is 195 g/mol. The minimum Gasteiger partial charge on any atom is -0.370 e. The van der Waals surface area contributed by atoms with Crippen LogP contribution in [-0.2, 0) is 0 Å². The van der Waals surface area contributed by atoms with Crippen LogP contribution in [0.4, 0.5) is 10.1 Å². The van der Waals surface area contributed by atoms with Gasteiger partial charge >= 0.3 is 0 Å². The summed E-state index contributed by atoms with van der Waals surface area (Å²) < 4.78 is 12.9. The molecule has 1 aromatic carbocycles. The Bertz CT molecular complexity index is 354. The third-order valence-electron chi connectivity index (χ3n) is 1.86. The van der Waals surface area contributed by atoms with Gasteiger partial charge in [0.15, 0.2) is 5.96 Å². The second-order valence-electron chi connectivity index (χ2n) is 3.39. The van der Waals surface area contributed by atoms with Crippen molar-refractivity contribution in [3.8, 4) is 0 Å². The largest absolute Gasteiger partial charge is 0.370 e. The fourth-order valence-electron chi connectivity index (χ4n) is 1.23. The van der Waals surface area contributed by atoms with Crippen LogP contribution in [0.1, 0.15) is 25.3 Å². The van der Waals surface area contributed by atoms with Crippen LogP contribution in [0.3, 0.4) is 0 Å². The van der Waals surface area contributed by atoms with Gasteiger partial charge in [-0.15, -0.1) is 0 Å². The molecule has 0 spiro atoms. The smallest absolute Gasteiger partial charge is 0.191 e. The Balaban J connectivity index is 3.22. The lowest BCUT2D eigenvalue weighted by atomic mass is 10.0. The van der Waals surface area contributed by atoms with Crippen LogP contribution in [-0.4, -0.2) is 5.96 Å². The topological polar surface area (TPSA) is 64.4 Å². The van der Waals surface area contributed by atoms with Gasteiger partial charge in [-0.25, -0.2) is 9.38 Å². The van der Waals surface area contributed by atoms with Crippen LogP contribution in [0.25, 0.3) is 0 Å². The van der Waals surface area contributed by atoms with Crippen LogP contribution >= 0.6 is 0 Å². The highest BCUT2D eigenvalue weighted by Gasteiger charge is 2.07. The summed E-state index contributed by atoms with van der Waals surface area (Å²) in [5.74, 6) is -0.106. The summed E-state index contributed by atoms with van der Waals surface area (Å²) in [6, 6.07) is 4.37. The van der Waals surface area contributed by atoms with Gasteiger partial charge < -0.3 is 11.5 Å². The zero-order valence-electron chi connectivity index (χ0n) is 8.29. The molecule has 14 heavy (non-hydrogen) atoms. The molecule has 76 valence electrons. The Labute approximate surface area is 82.6 Å². The van der Waals surface area contributed by atoms with Crippen molar-refractivity contribution < 1.29 is 4.39 Å². The third-order valence-corrected chi connectivity index (χ3v) is 1.86. The van der Waals surface area contributed by atoms with Gasteiger partial charge in [-0.2, -0.15) is 0 Å². The molecule has 0 aliphatic carbocycles. The molecule has 0 amide bonds. The Morgan fingerprint density at radius 1 is 1.36 bits per heavy atom. The molecule has 0 atom stereocenters. The molecule has 0 aliphatic heterocycles. The van der Waals surface area contributed by atoms with Gasteiger partial charge in [0.1, 0.15) is 5.82 Å². The first-order valence-electron chi connectivity index (χ1n) is 4.39. The molecule has 3 nitrogen and oxygen atoms in total. The molecule has 0 aromatic heterocycles. The van der Waals surface area contributed by atoms with Crippen molar-refractivity contribution in [1.29, 1.82) is 0 Å². The van der Waals surface area contributed by atoms with Crippen LogP contribution in [0.15, 0.2) is 23.2 Å². The molecule has 0 radical (unpaired) electrons. The number of hydrogen-bond acceptors (Lipinski definition) is 1. The minimum absolute atomic E-state index is 0.0153. The molecule has 0 unspecified atom stereocenters. The van der Waals surface area contributed by atoms with Crippen LogP contribution in [0, 0.1) is 5.82 Å². The van der Waals surface area contributed by atoms with E-state index in [2.05, 4.69) is 4.99 Å². The molecule has 0 heterocycles. The summed E-state index contributed by atoms with van der Waals surface area (Å²) in [6.07, 6.45) is 0. The fourth-order valence-corrected chi connectivity index (χ4v) is 1.23. The quantitative estimate of drug-likeness (QED) is 0.558. The molecule has 4 N–H and O–H groups in total. The van der Waals surface area contributed by atoms with Gasteiger partial charge in [-0.3, -0.25) is 0 Å². The maximum atomic E-state index is 12.9. The Kier molecular flexibility index (Phi) is 3.06. The average molecular weight is 195 g/mol.